The van der Waals surface area contributed by atoms with Crippen molar-refractivity contribution in [3.8, 4) is 11.5 Å². The first-order valence-corrected chi connectivity index (χ1v) is 8.58. The van der Waals surface area contributed by atoms with Gasteiger partial charge in [0.25, 0.3) is 11.7 Å². The number of aliphatic hydroxyl groups excluding tert-OH is 1. The zero-order valence-electron chi connectivity index (χ0n) is 14.4. The highest BCUT2D eigenvalue weighted by atomic mass is 35.5. The normalized spacial score (nSPS) is 18.3. The predicted octanol–water partition coefficient (Wildman–Crippen LogP) is 3.72. The fraction of sp³-hybridized carbons (Fsp3) is 0.158. The van der Waals surface area contributed by atoms with Crippen molar-refractivity contribution in [3.05, 3.63) is 63.1 Å². The van der Waals surface area contributed by atoms with Crippen LogP contribution in [0.4, 0.5) is 0 Å². The molecule has 3 rings (SSSR count). The lowest BCUT2D eigenvalue weighted by Crippen LogP contribution is -2.21. The molecule has 8 heteroatoms. The summed E-state index contributed by atoms with van der Waals surface area (Å²) in [5, 5.41) is 14.0. The minimum atomic E-state index is -0.900. The van der Waals surface area contributed by atoms with Gasteiger partial charge >= 0.3 is 0 Å². The van der Waals surface area contributed by atoms with Gasteiger partial charge in [0.2, 0.25) is 0 Å². The summed E-state index contributed by atoms with van der Waals surface area (Å²) in [4.78, 5) is 24.4. The molecule has 6 nitrogen and oxygen atoms in total. The standard InChI is InChI=1S/C19H15Cl2NO5/c1-26-13-6-3-9(7-14(13)27-2)17(23)15-16(22-19(25)18(15)24)11-5-4-10(20)8-12(11)21/h3-8,16,23H,1-2H3,(H,22,25)/t16-/m0/s1. The van der Waals surface area contributed by atoms with E-state index in [1.54, 1.807) is 24.3 Å². The van der Waals surface area contributed by atoms with E-state index in [4.69, 9.17) is 32.7 Å². The quantitative estimate of drug-likeness (QED) is 0.458. The molecule has 1 saturated heterocycles. The molecule has 1 aliphatic heterocycles. The second-order valence-electron chi connectivity index (χ2n) is 5.73. The van der Waals surface area contributed by atoms with Crippen molar-refractivity contribution < 1.29 is 24.2 Å². The summed E-state index contributed by atoms with van der Waals surface area (Å²) in [6.45, 7) is 0. The van der Waals surface area contributed by atoms with Crippen molar-refractivity contribution in [2.75, 3.05) is 14.2 Å². The summed E-state index contributed by atoms with van der Waals surface area (Å²) >= 11 is 12.1. The fourth-order valence-corrected chi connectivity index (χ4v) is 3.39. The Morgan fingerprint density at radius 3 is 2.37 bits per heavy atom. The van der Waals surface area contributed by atoms with Crippen LogP contribution in [0.5, 0.6) is 11.5 Å². The molecule has 140 valence electrons. The average molecular weight is 408 g/mol. The molecule has 0 radical (unpaired) electrons. The highest BCUT2D eigenvalue weighted by molar-refractivity contribution is 6.47. The van der Waals surface area contributed by atoms with E-state index in [-0.39, 0.29) is 16.4 Å². The highest BCUT2D eigenvalue weighted by Gasteiger charge is 2.40. The van der Waals surface area contributed by atoms with E-state index in [0.717, 1.165) is 0 Å². The highest BCUT2D eigenvalue weighted by Crippen LogP contribution is 2.38. The smallest absolute Gasteiger partial charge is 0.293 e. The molecular formula is C19H15Cl2NO5. The van der Waals surface area contributed by atoms with Crippen molar-refractivity contribution in [3.63, 3.8) is 0 Å². The molecule has 27 heavy (non-hydrogen) atoms. The van der Waals surface area contributed by atoms with Crippen LogP contribution in [0.25, 0.3) is 5.76 Å². The third-order valence-electron chi connectivity index (χ3n) is 4.20. The van der Waals surface area contributed by atoms with Crippen molar-refractivity contribution in [2.45, 2.75) is 6.04 Å². The van der Waals surface area contributed by atoms with Crippen LogP contribution in [-0.2, 0) is 9.59 Å². The van der Waals surface area contributed by atoms with E-state index in [0.29, 0.717) is 27.6 Å². The van der Waals surface area contributed by atoms with Gasteiger partial charge in [0.15, 0.2) is 11.5 Å². The Labute approximate surface area is 165 Å². The Morgan fingerprint density at radius 1 is 1.04 bits per heavy atom. The number of ether oxygens (including phenoxy) is 2. The van der Waals surface area contributed by atoms with Gasteiger partial charge in [-0.1, -0.05) is 29.3 Å². The molecular weight excluding hydrogens is 393 g/mol. The zero-order chi connectivity index (χ0) is 19.7. The van der Waals surface area contributed by atoms with Crippen LogP contribution >= 0.6 is 23.2 Å². The third-order valence-corrected chi connectivity index (χ3v) is 4.76. The Bertz CT molecular complexity index is 971. The Hall–Kier alpha value is -2.70. The van der Waals surface area contributed by atoms with E-state index in [1.165, 1.54) is 26.4 Å². The predicted molar refractivity (Wildman–Crippen MR) is 101 cm³/mol. The summed E-state index contributed by atoms with van der Waals surface area (Å²) in [5.74, 6) is -1.18. The van der Waals surface area contributed by atoms with Gasteiger partial charge in [-0.15, -0.1) is 0 Å². The van der Waals surface area contributed by atoms with Gasteiger partial charge < -0.3 is 19.9 Å². The number of halogens is 2. The number of Topliss-reactive ketones (excluding diaryl/α,β-unsaturated/α-hetero) is 1. The molecule has 0 aliphatic carbocycles. The van der Waals surface area contributed by atoms with E-state index >= 15 is 0 Å². The molecule has 2 aromatic rings. The summed E-state index contributed by atoms with van der Waals surface area (Å²) in [6.07, 6.45) is 0. The Kier molecular flexibility index (Phi) is 5.30. The molecule has 1 aliphatic rings. The van der Waals surface area contributed by atoms with Crippen LogP contribution in [0.15, 0.2) is 42.0 Å². The average Bonchev–Trinajstić information content (AvgIpc) is 2.95. The van der Waals surface area contributed by atoms with E-state index in [1.807, 2.05) is 0 Å². The van der Waals surface area contributed by atoms with Crippen molar-refractivity contribution in [1.29, 1.82) is 0 Å². The summed E-state index contributed by atoms with van der Waals surface area (Å²) in [6, 6.07) is 8.43. The Morgan fingerprint density at radius 2 is 1.74 bits per heavy atom. The minimum absolute atomic E-state index is 0.101. The first-order chi connectivity index (χ1) is 12.9. The largest absolute Gasteiger partial charge is 0.507 e. The number of aliphatic hydroxyl groups is 1. The number of methoxy groups -OCH3 is 2. The van der Waals surface area contributed by atoms with Gasteiger partial charge in [-0.3, -0.25) is 9.59 Å². The maximum Gasteiger partial charge on any atom is 0.293 e. The molecule has 2 aromatic carbocycles. The lowest BCUT2D eigenvalue weighted by Gasteiger charge is -2.16. The third kappa shape index (κ3) is 3.46. The molecule has 0 saturated carbocycles. The summed E-state index contributed by atoms with van der Waals surface area (Å²) in [7, 11) is 2.94. The van der Waals surface area contributed by atoms with Gasteiger partial charge in [0, 0.05) is 15.6 Å². The number of ketones is 1. The fourth-order valence-electron chi connectivity index (χ4n) is 2.87. The lowest BCUT2D eigenvalue weighted by atomic mass is 9.95. The molecule has 0 spiro atoms. The van der Waals surface area contributed by atoms with Gasteiger partial charge in [-0.2, -0.15) is 0 Å². The monoisotopic (exact) mass is 407 g/mol. The number of carbonyl (C=O) groups is 2. The van der Waals surface area contributed by atoms with Crippen LogP contribution in [0.1, 0.15) is 17.2 Å². The lowest BCUT2D eigenvalue weighted by molar-refractivity contribution is -0.133. The number of nitrogens with one attached hydrogen (secondary N) is 1. The number of benzene rings is 2. The molecule has 2 N–H and O–H groups in total. The molecule has 1 atom stereocenters. The van der Waals surface area contributed by atoms with Gasteiger partial charge in [0.1, 0.15) is 5.76 Å². The second kappa shape index (κ2) is 7.50. The first-order valence-electron chi connectivity index (χ1n) is 7.83. The maximum atomic E-state index is 12.4. The first kappa shape index (κ1) is 19.1. The van der Waals surface area contributed by atoms with Gasteiger partial charge in [-0.05, 0) is 35.9 Å². The number of rotatable bonds is 4. The molecule has 1 amide bonds. The second-order valence-corrected chi connectivity index (χ2v) is 6.58. The maximum absolute atomic E-state index is 12.4. The van der Waals surface area contributed by atoms with Gasteiger partial charge in [-0.25, -0.2) is 0 Å². The SMILES string of the molecule is COc1ccc(C(O)=C2C(=O)C(=O)N[C@H]2c2ccc(Cl)cc2Cl)cc1OC. The van der Waals surface area contributed by atoms with Crippen LogP contribution in [0.3, 0.4) is 0 Å². The van der Waals surface area contributed by atoms with Crippen molar-refractivity contribution in [1.82, 2.24) is 5.32 Å². The van der Waals surface area contributed by atoms with Crippen LogP contribution in [0, 0.1) is 0 Å². The molecule has 1 fully saturated rings. The van der Waals surface area contributed by atoms with Crippen LogP contribution < -0.4 is 14.8 Å². The zero-order valence-corrected chi connectivity index (χ0v) is 15.9. The van der Waals surface area contributed by atoms with Crippen molar-refractivity contribution in [2.24, 2.45) is 0 Å². The minimum Gasteiger partial charge on any atom is -0.507 e. The Balaban J connectivity index is 2.15. The summed E-state index contributed by atoms with van der Waals surface area (Å²) in [5.41, 5.74) is 0.640. The molecule has 0 bridgehead atoms. The number of hydrogen-bond acceptors (Lipinski definition) is 5. The van der Waals surface area contributed by atoms with Crippen LogP contribution in [-0.4, -0.2) is 31.0 Å². The van der Waals surface area contributed by atoms with Crippen LogP contribution in [0.2, 0.25) is 10.0 Å². The molecule has 1 heterocycles. The molecule has 0 aromatic heterocycles. The number of amides is 1. The van der Waals surface area contributed by atoms with E-state index in [2.05, 4.69) is 5.32 Å². The number of carbonyl (C=O) groups excluding carboxylic acids is 2. The van der Waals surface area contributed by atoms with Gasteiger partial charge in [0.05, 0.1) is 25.8 Å². The number of hydrogen-bond donors (Lipinski definition) is 2. The summed E-state index contributed by atoms with van der Waals surface area (Å²) < 4.78 is 10.4. The topological polar surface area (TPSA) is 84.9 Å². The van der Waals surface area contributed by atoms with E-state index in [9.17, 15) is 14.7 Å². The molecule has 0 unspecified atom stereocenters. The van der Waals surface area contributed by atoms with Crippen molar-refractivity contribution >= 4 is 40.7 Å². The van der Waals surface area contributed by atoms with E-state index < -0.39 is 17.7 Å².